The molecule has 0 bridgehead atoms. The van der Waals surface area contributed by atoms with Gasteiger partial charge in [-0.05, 0) is 126 Å². The Bertz CT molecular complexity index is 2670. The molecule has 0 heterocycles. The molecule has 13 nitrogen and oxygen atoms in total. The minimum Gasteiger partial charge on any atom is -0.493 e. The van der Waals surface area contributed by atoms with Gasteiger partial charge in [-0.1, -0.05) is 26.0 Å². The van der Waals surface area contributed by atoms with Gasteiger partial charge in [-0.3, -0.25) is 23.4 Å². The summed E-state index contributed by atoms with van der Waals surface area (Å²) < 4.78 is 46.1. The highest BCUT2D eigenvalue weighted by atomic mass is 32.2. The third kappa shape index (κ3) is 9.45. The second kappa shape index (κ2) is 19.9. The molecule has 4 aliphatic rings. The lowest BCUT2D eigenvalue weighted by Crippen LogP contribution is -2.30. The van der Waals surface area contributed by atoms with Crippen LogP contribution in [0.5, 0.6) is 34.5 Å². The largest absolute Gasteiger partial charge is 0.493 e. The molecule has 0 spiro atoms. The molecular formula is C50H58N2O11S2. The lowest BCUT2D eigenvalue weighted by molar-refractivity contribution is -0.124. The quantitative estimate of drug-likeness (QED) is 0.135. The van der Waals surface area contributed by atoms with E-state index in [1.54, 1.807) is 60.9 Å². The second-order valence-electron chi connectivity index (χ2n) is 17.0. The van der Waals surface area contributed by atoms with Gasteiger partial charge in [-0.15, -0.1) is 11.8 Å². The molecule has 4 aromatic carbocycles. The standard InChI is InChI=1S/C25H29NO6S.C25H29NO5S/c1-13-10-16(13)25(28)26-18-8-6-14-11-20(30-2)23(31-3)24(32-4)22(14)15-7-9-21(33(5)29)19(27)12-17(15)18;1-13-10-16(13)25(28)26-18-8-6-14-11-20(29-2)23(30-3)24(31-4)22(14)15-7-9-21(32-5)19(27)12-17(15)18/h7,9,11-13,16,18H,6,8,10H2,1-5H3,(H,26,28);7,9,11-13,16,18H,6,8,10H2,1-5H3,(H,26,28)/t13?,16?,18-,33?;13?,16?,18-/m00/s1. The van der Waals surface area contributed by atoms with Crippen molar-refractivity contribution < 1.29 is 42.2 Å². The van der Waals surface area contributed by atoms with Crippen LogP contribution in [0.4, 0.5) is 0 Å². The summed E-state index contributed by atoms with van der Waals surface area (Å²) in [5.74, 6) is 4.08. The number of hydrogen-bond acceptors (Lipinski definition) is 12. The second-order valence-corrected chi connectivity index (χ2v) is 19.2. The fourth-order valence-electron chi connectivity index (χ4n) is 9.23. The van der Waals surface area contributed by atoms with Gasteiger partial charge >= 0.3 is 0 Å². The fourth-order valence-corrected chi connectivity index (χ4v) is 10.3. The number of ether oxygens (including phenoxy) is 6. The lowest BCUT2D eigenvalue weighted by Gasteiger charge is -2.20. The Kier molecular flexibility index (Phi) is 14.5. The minimum atomic E-state index is -1.45. The average molecular weight is 927 g/mol. The Balaban J connectivity index is 0.000000194. The summed E-state index contributed by atoms with van der Waals surface area (Å²) in [5.41, 5.74) is 6.36. The van der Waals surface area contributed by atoms with E-state index in [0.717, 1.165) is 51.8 Å². The first-order valence-corrected chi connectivity index (χ1v) is 24.5. The van der Waals surface area contributed by atoms with Crippen molar-refractivity contribution in [2.75, 3.05) is 55.2 Å². The Morgan fingerprint density at radius 2 is 1.03 bits per heavy atom. The van der Waals surface area contributed by atoms with E-state index in [0.29, 0.717) is 82.5 Å². The van der Waals surface area contributed by atoms with Crippen LogP contribution in [0.1, 0.15) is 73.9 Å². The molecule has 2 amide bonds. The molecule has 2 N–H and O–H groups in total. The van der Waals surface area contributed by atoms with E-state index in [9.17, 15) is 23.4 Å². The van der Waals surface area contributed by atoms with Crippen molar-refractivity contribution in [3.8, 4) is 56.8 Å². The van der Waals surface area contributed by atoms with Crippen LogP contribution in [-0.2, 0) is 33.2 Å². The topological polar surface area (TPSA) is 165 Å². The Morgan fingerprint density at radius 1 is 0.615 bits per heavy atom. The van der Waals surface area contributed by atoms with Crippen LogP contribution in [0.3, 0.4) is 0 Å². The number of rotatable bonds is 12. The summed E-state index contributed by atoms with van der Waals surface area (Å²) in [6.07, 6.45) is 7.76. The van der Waals surface area contributed by atoms with E-state index in [1.807, 2.05) is 30.5 Å². The SMILES string of the molecule is COc1cc2c(c(OC)c1OC)-c1ccc(S(C)=O)c(=O)cc1[C@@H](NC(=O)C1CC1C)CC2.COc1cc2c(c(OC)c1OC)-c1ccc(SC)c(=O)cc1[C@@H](NC(=O)C1CC1C)CC2. The summed E-state index contributed by atoms with van der Waals surface area (Å²) in [6.45, 7) is 4.15. The maximum Gasteiger partial charge on any atom is 0.223 e. The van der Waals surface area contributed by atoms with E-state index in [4.69, 9.17) is 28.4 Å². The van der Waals surface area contributed by atoms with Crippen molar-refractivity contribution in [1.29, 1.82) is 0 Å². The number of carbonyl (C=O) groups is 2. The van der Waals surface area contributed by atoms with Gasteiger partial charge in [0.05, 0.1) is 75.3 Å². The van der Waals surface area contributed by atoms with E-state index in [2.05, 4.69) is 24.5 Å². The number of fused-ring (bicyclic) bond motifs is 6. The van der Waals surface area contributed by atoms with Gasteiger partial charge in [-0.25, -0.2) is 0 Å². The third-order valence-electron chi connectivity index (χ3n) is 13.1. The Morgan fingerprint density at radius 3 is 1.40 bits per heavy atom. The van der Waals surface area contributed by atoms with Crippen LogP contribution in [0.25, 0.3) is 22.3 Å². The van der Waals surface area contributed by atoms with Crippen molar-refractivity contribution in [2.24, 2.45) is 23.7 Å². The van der Waals surface area contributed by atoms with E-state index >= 15 is 0 Å². The first-order valence-electron chi connectivity index (χ1n) is 21.7. The van der Waals surface area contributed by atoms with E-state index in [1.165, 1.54) is 24.1 Å². The van der Waals surface area contributed by atoms with Gasteiger partial charge in [0.25, 0.3) is 0 Å². The monoisotopic (exact) mass is 926 g/mol. The van der Waals surface area contributed by atoms with Crippen LogP contribution < -0.4 is 49.9 Å². The molecule has 4 aromatic rings. The maximum atomic E-state index is 13.0. The zero-order valence-corrected chi connectivity index (χ0v) is 40.3. The predicted molar refractivity (Wildman–Crippen MR) is 253 cm³/mol. The number of thioether (sulfide) groups is 1. The molecule has 2 saturated carbocycles. The fraction of sp³-hybridized carbons (Fsp3) is 0.440. The number of nitrogens with one attached hydrogen (secondary N) is 2. The predicted octanol–water partition coefficient (Wildman–Crippen LogP) is 7.46. The molecule has 7 atom stereocenters. The van der Waals surface area contributed by atoms with Crippen LogP contribution in [-0.4, -0.2) is 71.2 Å². The van der Waals surface area contributed by atoms with E-state index in [-0.39, 0.29) is 51.5 Å². The molecule has 2 fully saturated rings. The molecule has 8 rings (SSSR count). The number of methoxy groups -OCH3 is 6. The molecule has 4 aliphatic carbocycles. The highest BCUT2D eigenvalue weighted by molar-refractivity contribution is 7.98. The Labute approximate surface area is 386 Å². The molecule has 346 valence electrons. The Hall–Kier alpha value is -5.54. The third-order valence-corrected chi connectivity index (χ3v) is 14.8. The van der Waals surface area contributed by atoms with Crippen LogP contribution in [0, 0.1) is 23.7 Å². The number of hydrogen-bond donors (Lipinski definition) is 2. The molecule has 0 radical (unpaired) electrons. The number of amides is 2. The van der Waals surface area contributed by atoms with Gasteiger partial charge in [0.2, 0.25) is 23.3 Å². The minimum absolute atomic E-state index is 0.00442. The molecule has 0 aliphatic heterocycles. The molecule has 5 unspecified atom stereocenters. The summed E-state index contributed by atoms with van der Waals surface area (Å²) in [5, 5.41) is 6.40. The van der Waals surface area contributed by atoms with Gasteiger partial charge in [0.1, 0.15) is 0 Å². The molecule has 15 heteroatoms. The number of aryl methyl sites for hydroxylation is 2. The van der Waals surface area contributed by atoms with Crippen molar-refractivity contribution >= 4 is 34.4 Å². The van der Waals surface area contributed by atoms with Crippen LogP contribution in [0.2, 0.25) is 0 Å². The van der Waals surface area contributed by atoms with E-state index < -0.39 is 10.8 Å². The summed E-state index contributed by atoms with van der Waals surface area (Å²) in [7, 11) is 8.01. The summed E-state index contributed by atoms with van der Waals surface area (Å²) in [6, 6.07) is 13.6. The molecule has 0 saturated heterocycles. The number of benzene rings is 2. The van der Waals surface area contributed by atoms with Gasteiger partial charge < -0.3 is 39.1 Å². The van der Waals surface area contributed by atoms with Gasteiger partial charge in [0, 0.05) is 29.2 Å². The highest BCUT2D eigenvalue weighted by Gasteiger charge is 2.42. The number of carbonyl (C=O) groups excluding carboxylic acids is 2. The molecular weight excluding hydrogens is 869 g/mol. The molecule has 0 aromatic heterocycles. The first-order chi connectivity index (χ1) is 31.2. The molecule has 65 heavy (non-hydrogen) atoms. The van der Waals surface area contributed by atoms with Crippen molar-refractivity contribution in [3.05, 3.63) is 91.2 Å². The smallest absolute Gasteiger partial charge is 0.223 e. The van der Waals surface area contributed by atoms with Crippen molar-refractivity contribution in [1.82, 2.24) is 10.6 Å². The average Bonchev–Trinajstić information content (AvgIpc) is 4.23. The van der Waals surface area contributed by atoms with Crippen LogP contribution >= 0.6 is 11.8 Å². The van der Waals surface area contributed by atoms with Gasteiger partial charge in [-0.2, -0.15) is 0 Å². The summed E-state index contributed by atoms with van der Waals surface area (Å²) in [4.78, 5) is 52.5. The van der Waals surface area contributed by atoms with Crippen molar-refractivity contribution in [2.45, 2.75) is 74.2 Å². The zero-order valence-electron chi connectivity index (χ0n) is 38.6. The highest BCUT2D eigenvalue weighted by Crippen LogP contribution is 2.52. The van der Waals surface area contributed by atoms with Crippen molar-refractivity contribution in [3.63, 3.8) is 0 Å². The zero-order chi connectivity index (χ0) is 46.9. The summed E-state index contributed by atoms with van der Waals surface area (Å²) >= 11 is 1.41. The lowest BCUT2D eigenvalue weighted by atomic mass is 9.95. The maximum absolute atomic E-state index is 13.0. The van der Waals surface area contributed by atoms with Crippen LogP contribution in [0.15, 0.2) is 67.9 Å². The van der Waals surface area contributed by atoms with Gasteiger partial charge in [0.15, 0.2) is 33.9 Å². The normalized spacial score (nSPS) is 21.3. The first kappa shape index (κ1) is 47.4.